The molecule has 1 saturated heterocycles. The highest BCUT2D eigenvalue weighted by molar-refractivity contribution is 5.85. The molecule has 3 aliphatic rings. The van der Waals surface area contributed by atoms with Gasteiger partial charge in [-0.1, -0.05) is 12.1 Å². The number of carbonyl (C=O) groups excluding carboxylic acids is 2. The molecular formula is C26H34N2O9. The van der Waals surface area contributed by atoms with Gasteiger partial charge in [-0.2, -0.15) is 0 Å². The van der Waals surface area contributed by atoms with Crippen LogP contribution in [0.25, 0.3) is 0 Å². The van der Waals surface area contributed by atoms with Crippen molar-refractivity contribution in [1.29, 1.82) is 0 Å². The zero-order chi connectivity index (χ0) is 27.3. The lowest BCUT2D eigenvalue weighted by atomic mass is 9.54. The number of likely N-dealkylation sites (N-methyl/N-ethyl adjacent to an activating group) is 1. The van der Waals surface area contributed by atoms with Gasteiger partial charge in [-0.15, -0.1) is 0 Å². The van der Waals surface area contributed by atoms with Crippen molar-refractivity contribution >= 4 is 17.9 Å². The van der Waals surface area contributed by atoms with Crippen LogP contribution in [0.15, 0.2) is 24.0 Å². The fraction of sp³-hybridized carbons (Fsp3) is 0.577. The largest absolute Gasteiger partial charge is 0.481 e. The number of esters is 2. The number of nitrogens with zero attached hydrogens (tertiary/aromatic N) is 1. The number of hydrogen-bond donors (Lipinski definition) is 4. The fourth-order valence-corrected chi connectivity index (χ4v) is 5.98. The van der Waals surface area contributed by atoms with Gasteiger partial charge in [0.1, 0.15) is 17.6 Å². The highest BCUT2D eigenvalue weighted by Crippen LogP contribution is 2.61. The molecule has 6 atom stereocenters. The van der Waals surface area contributed by atoms with Gasteiger partial charge in [-0.25, -0.2) is 4.79 Å². The molecule has 1 aromatic rings. The van der Waals surface area contributed by atoms with Crippen molar-refractivity contribution < 1.29 is 43.9 Å². The van der Waals surface area contributed by atoms with Crippen molar-refractivity contribution in [2.24, 2.45) is 5.73 Å². The Morgan fingerprint density at radius 2 is 2.00 bits per heavy atom. The number of nitrogens with two attached hydrogens (primary N) is 1. The lowest BCUT2D eigenvalue weighted by Gasteiger charge is -2.58. The summed E-state index contributed by atoms with van der Waals surface area (Å²) in [6.45, 7) is 5.58. The van der Waals surface area contributed by atoms with Gasteiger partial charge in [0.2, 0.25) is 0 Å². The Morgan fingerprint density at radius 1 is 1.30 bits per heavy atom. The summed E-state index contributed by atoms with van der Waals surface area (Å²) in [7, 11) is 1.95. The third kappa shape index (κ3) is 4.19. The first-order valence-corrected chi connectivity index (χ1v) is 12.3. The van der Waals surface area contributed by atoms with E-state index in [2.05, 4.69) is 4.90 Å². The number of carboxylic acids is 1. The minimum absolute atomic E-state index is 0.181. The van der Waals surface area contributed by atoms with Crippen LogP contribution < -0.4 is 10.5 Å². The first kappa shape index (κ1) is 27.1. The van der Waals surface area contributed by atoms with Crippen LogP contribution in [0.2, 0.25) is 0 Å². The molecule has 0 amide bonds. The number of rotatable bonds is 7. The molecule has 11 heteroatoms. The van der Waals surface area contributed by atoms with Gasteiger partial charge in [0.15, 0.2) is 12.2 Å². The Balaban J connectivity index is 1.67. The van der Waals surface area contributed by atoms with Gasteiger partial charge < -0.3 is 40.2 Å². The highest BCUT2D eigenvalue weighted by Gasteiger charge is 2.69. The summed E-state index contributed by atoms with van der Waals surface area (Å²) < 4.78 is 17.1. The second-order valence-electron chi connectivity index (χ2n) is 10.2. The molecular weight excluding hydrogens is 484 g/mol. The minimum atomic E-state index is -1.42. The van der Waals surface area contributed by atoms with Gasteiger partial charge in [0.05, 0.1) is 24.0 Å². The molecule has 4 rings (SSSR count). The van der Waals surface area contributed by atoms with Crippen LogP contribution in [0.3, 0.4) is 0 Å². The van der Waals surface area contributed by atoms with E-state index >= 15 is 0 Å². The smallest absolute Gasteiger partial charge is 0.352 e. The van der Waals surface area contributed by atoms with Crippen molar-refractivity contribution in [1.82, 2.24) is 4.90 Å². The number of aliphatic hydroxyl groups is 2. The molecule has 2 heterocycles. The van der Waals surface area contributed by atoms with E-state index in [1.807, 2.05) is 27.0 Å². The summed E-state index contributed by atoms with van der Waals surface area (Å²) in [4.78, 5) is 37.9. The summed E-state index contributed by atoms with van der Waals surface area (Å²) in [6.07, 6.45) is -0.534. The third-order valence-corrected chi connectivity index (χ3v) is 8.14. The number of likely N-dealkylation sites (tertiary alicyclic amines) is 1. The summed E-state index contributed by atoms with van der Waals surface area (Å²) >= 11 is 0. The number of ether oxygens (including phenoxy) is 3. The number of piperidine rings is 1. The van der Waals surface area contributed by atoms with E-state index in [1.54, 1.807) is 12.1 Å². The molecule has 1 aromatic carbocycles. The first-order chi connectivity index (χ1) is 17.4. The number of carbonyl (C=O) groups is 3. The number of aliphatic hydroxyl groups excluding tert-OH is 1. The average Bonchev–Trinajstić information content (AvgIpc) is 3.20. The van der Waals surface area contributed by atoms with Crippen molar-refractivity contribution in [2.45, 2.75) is 81.9 Å². The second kappa shape index (κ2) is 9.71. The van der Waals surface area contributed by atoms with Gasteiger partial charge in [0, 0.05) is 23.6 Å². The van der Waals surface area contributed by atoms with E-state index in [0.717, 1.165) is 11.1 Å². The van der Waals surface area contributed by atoms with E-state index in [0.29, 0.717) is 24.3 Å². The Bertz CT molecular complexity index is 1150. The Labute approximate surface area is 214 Å². The first-order valence-electron chi connectivity index (χ1n) is 12.3. The van der Waals surface area contributed by atoms with Gasteiger partial charge in [0.25, 0.3) is 0 Å². The van der Waals surface area contributed by atoms with E-state index in [1.165, 1.54) is 6.92 Å². The molecule has 0 unspecified atom stereocenters. The molecule has 0 bridgehead atoms. The molecule has 0 radical (unpaired) electrons. The molecule has 0 aromatic heterocycles. The zero-order valence-corrected chi connectivity index (χ0v) is 21.4. The SMILES string of the molecule is Cc1ccc(CO)c2c1[C@]13CCN(C)[C@H](C)[C@]1(O)CC=C(OC(=O)[C@H](C)OC(=O)[C@@H](N)CC(=O)O)[C@@H]3O2. The quantitative estimate of drug-likeness (QED) is 0.371. The molecule has 1 aliphatic carbocycles. The van der Waals surface area contributed by atoms with Gasteiger partial charge in [-0.05, 0) is 52.4 Å². The topological polar surface area (TPSA) is 169 Å². The van der Waals surface area contributed by atoms with Crippen molar-refractivity contribution in [3.8, 4) is 5.75 Å². The maximum atomic E-state index is 12.9. The predicted molar refractivity (Wildman–Crippen MR) is 129 cm³/mol. The molecule has 1 fully saturated rings. The van der Waals surface area contributed by atoms with E-state index < -0.39 is 53.6 Å². The Kier molecular flexibility index (Phi) is 7.10. The van der Waals surface area contributed by atoms with E-state index in [-0.39, 0.29) is 24.8 Å². The summed E-state index contributed by atoms with van der Waals surface area (Å²) in [5.74, 6) is -2.53. The molecule has 2 aliphatic heterocycles. The molecule has 37 heavy (non-hydrogen) atoms. The van der Waals surface area contributed by atoms with Crippen LogP contribution in [-0.4, -0.2) is 81.6 Å². The Hall–Kier alpha value is -2.99. The Morgan fingerprint density at radius 3 is 2.65 bits per heavy atom. The monoisotopic (exact) mass is 518 g/mol. The van der Waals surface area contributed by atoms with Crippen LogP contribution >= 0.6 is 0 Å². The number of carboxylic acid groups (broad SMARTS) is 1. The average molecular weight is 519 g/mol. The lowest BCUT2D eigenvalue weighted by Crippen LogP contribution is -2.71. The number of aliphatic carboxylic acids is 1. The van der Waals surface area contributed by atoms with Crippen LogP contribution in [0, 0.1) is 6.92 Å². The summed E-state index contributed by atoms with van der Waals surface area (Å²) in [5, 5.41) is 31.1. The lowest BCUT2D eigenvalue weighted by molar-refractivity contribution is -0.172. The molecule has 0 saturated carbocycles. The third-order valence-electron chi connectivity index (χ3n) is 8.14. The molecule has 1 spiro atoms. The van der Waals surface area contributed by atoms with Crippen LogP contribution in [-0.2, 0) is 35.9 Å². The van der Waals surface area contributed by atoms with Gasteiger partial charge >= 0.3 is 17.9 Å². The minimum Gasteiger partial charge on any atom is -0.481 e. The second-order valence-corrected chi connectivity index (χ2v) is 10.2. The van der Waals surface area contributed by atoms with Crippen molar-refractivity contribution in [2.75, 3.05) is 13.6 Å². The maximum Gasteiger partial charge on any atom is 0.352 e. The van der Waals surface area contributed by atoms with E-state index in [4.69, 9.17) is 25.1 Å². The zero-order valence-electron chi connectivity index (χ0n) is 21.4. The van der Waals surface area contributed by atoms with Crippen molar-refractivity contribution in [3.63, 3.8) is 0 Å². The maximum absolute atomic E-state index is 12.9. The normalized spacial score (nSPS) is 30.1. The van der Waals surface area contributed by atoms with Crippen LogP contribution in [0.5, 0.6) is 5.75 Å². The fourth-order valence-electron chi connectivity index (χ4n) is 5.98. The standard InChI is InChI=1S/C26H34N2O9/c1-13-5-6-16(12-29)21-20(13)25-9-10-28(4)15(3)26(25,34)8-7-18(22(25)37-21)36-23(32)14(2)35-24(33)17(27)11-19(30)31/h5-7,14-15,17,22,29,34H,8-12,27H2,1-4H3,(H,30,31)/t14-,15+,17-,22-,25-,26+/m0/s1. The molecule has 11 nitrogen and oxygen atoms in total. The number of benzene rings is 1. The van der Waals surface area contributed by atoms with Crippen molar-refractivity contribution in [3.05, 3.63) is 40.7 Å². The number of fused-ring (bicyclic) bond motifs is 1. The van der Waals surface area contributed by atoms with Crippen LogP contribution in [0.4, 0.5) is 0 Å². The highest BCUT2D eigenvalue weighted by atomic mass is 16.6. The van der Waals surface area contributed by atoms with Gasteiger partial charge in [-0.3, -0.25) is 9.59 Å². The molecule has 202 valence electrons. The van der Waals surface area contributed by atoms with Crippen LogP contribution in [0.1, 0.15) is 49.8 Å². The van der Waals surface area contributed by atoms with E-state index in [9.17, 15) is 24.6 Å². The summed E-state index contributed by atoms with van der Waals surface area (Å²) in [5.41, 5.74) is 5.59. The number of aryl methyl sites for hydroxylation is 1. The summed E-state index contributed by atoms with van der Waals surface area (Å²) in [6, 6.07) is 1.99. The predicted octanol–water partition coefficient (Wildman–Crippen LogP) is 0.506. The molecule has 5 N–H and O–H groups in total. The number of hydrogen-bond acceptors (Lipinski definition) is 10.